The van der Waals surface area contributed by atoms with Crippen molar-refractivity contribution >= 4 is 11.6 Å². The van der Waals surface area contributed by atoms with Gasteiger partial charge in [0.05, 0.1) is 0 Å². The average molecular weight is 218 g/mol. The predicted molar refractivity (Wildman–Crippen MR) is 62.9 cm³/mol. The third kappa shape index (κ3) is 1.40. The van der Waals surface area contributed by atoms with Gasteiger partial charge in [0.15, 0.2) is 5.78 Å². The van der Waals surface area contributed by atoms with Gasteiger partial charge in [0.25, 0.3) is 0 Å². The van der Waals surface area contributed by atoms with Crippen LogP contribution in [0.2, 0.25) is 0 Å². The third-order valence-electron chi connectivity index (χ3n) is 4.41. The highest BCUT2D eigenvalue weighted by atomic mass is 16.1. The molecule has 0 aromatic rings. The van der Waals surface area contributed by atoms with E-state index in [1.165, 1.54) is 0 Å². The van der Waals surface area contributed by atoms with Crippen LogP contribution < -0.4 is 0 Å². The second-order valence-electron chi connectivity index (χ2n) is 5.57. The van der Waals surface area contributed by atoms with Gasteiger partial charge in [-0.1, -0.05) is 32.9 Å². The van der Waals surface area contributed by atoms with E-state index in [-0.39, 0.29) is 22.5 Å². The van der Waals surface area contributed by atoms with Crippen molar-refractivity contribution in [3.63, 3.8) is 0 Å². The van der Waals surface area contributed by atoms with Gasteiger partial charge >= 0.3 is 0 Å². The van der Waals surface area contributed by atoms with Crippen LogP contribution in [0.5, 0.6) is 0 Å². The van der Waals surface area contributed by atoms with E-state index in [0.717, 1.165) is 6.42 Å². The maximum Gasteiger partial charge on any atom is 0.178 e. The minimum atomic E-state index is -0.268. The van der Waals surface area contributed by atoms with Crippen molar-refractivity contribution in [3.8, 4) is 0 Å². The largest absolute Gasteiger partial charge is 0.299 e. The Labute approximate surface area is 96.4 Å². The van der Waals surface area contributed by atoms with Crippen LogP contribution in [-0.4, -0.2) is 11.6 Å². The topological polar surface area (TPSA) is 34.1 Å². The van der Waals surface area contributed by atoms with E-state index in [1.807, 2.05) is 19.1 Å². The van der Waals surface area contributed by atoms with Gasteiger partial charge in [-0.15, -0.1) is 0 Å². The molecule has 0 aliphatic heterocycles. The van der Waals surface area contributed by atoms with Crippen molar-refractivity contribution < 1.29 is 9.59 Å². The van der Waals surface area contributed by atoms with E-state index in [9.17, 15) is 9.59 Å². The number of carbonyl (C=O) groups is 2. The Balaban J connectivity index is 2.49. The minimum absolute atomic E-state index is 0.0200. The Morgan fingerprint density at radius 1 is 1.19 bits per heavy atom. The molecule has 0 amide bonds. The average Bonchev–Trinajstić information content (AvgIpc) is 2.24. The Morgan fingerprint density at radius 3 is 2.31 bits per heavy atom. The molecule has 1 spiro atoms. The highest BCUT2D eigenvalue weighted by Crippen LogP contribution is 2.54. The van der Waals surface area contributed by atoms with E-state index >= 15 is 0 Å². The van der Waals surface area contributed by atoms with Crippen molar-refractivity contribution in [2.75, 3.05) is 0 Å². The molecule has 0 N–H and O–H groups in total. The number of Topliss-reactive ketones (excluding diaryl/α,β-unsaturated/α-hetero) is 1. The predicted octanol–water partition coefficient (Wildman–Crippen LogP) is 2.69. The van der Waals surface area contributed by atoms with Crippen LogP contribution >= 0.6 is 0 Å². The van der Waals surface area contributed by atoms with Crippen molar-refractivity contribution in [1.29, 1.82) is 0 Å². The van der Waals surface area contributed by atoms with Crippen molar-refractivity contribution in [2.45, 2.75) is 33.6 Å². The number of hydrogen-bond acceptors (Lipinski definition) is 2. The van der Waals surface area contributed by atoms with Gasteiger partial charge in [0, 0.05) is 17.8 Å². The summed E-state index contributed by atoms with van der Waals surface area (Å²) < 4.78 is 0. The van der Waals surface area contributed by atoms with Crippen LogP contribution in [0.4, 0.5) is 0 Å². The molecular weight excluding hydrogens is 200 g/mol. The molecule has 0 aromatic heterocycles. The first kappa shape index (κ1) is 11.3. The number of allylic oxidation sites excluding steroid dienone is 4. The minimum Gasteiger partial charge on any atom is -0.299 e. The van der Waals surface area contributed by atoms with Gasteiger partial charge in [0.2, 0.25) is 0 Å². The first-order valence-corrected chi connectivity index (χ1v) is 5.84. The van der Waals surface area contributed by atoms with Crippen LogP contribution in [0.1, 0.15) is 33.6 Å². The summed E-state index contributed by atoms with van der Waals surface area (Å²) in [6.45, 7) is 6.34. The van der Waals surface area contributed by atoms with Crippen LogP contribution in [0.3, 0.4) is 0 Å². The van der Waals surface area contributed by atoms with E-state index in [2.05, 4.69) is 13.8 Å². The van der Waals surface area contributed by atoms with Crippen molar-refractivity contribution in [1.82, 2.24) is 0 Å². The number of carbonyl (C=O) groups excluding carboxylic acids is 2. The fourth-order valence-electron chi connectivity index (χ4n) is 3.01. The third-order valence-corrected chi connectivity index (χ3v) is 4.41. The smallest absolute Gasteiger partial charge is 0.178 e. The lowest BCUT2D eigenvalue weighted by atomic mass is 9.52. The van der Waals surface area contributed by atoms with Gasteiger partial charge in [0.1, 0.15) is 5.78 Å². The molecule has 86 valence electrons. The first-order valence-electron chi connectivity index (χ1n) is 5.84. The number of ketones is 2. The molecule has 0 heterocycles. The maximum atomic E-state index is 11.9. The fraction of sp³-hybridized carbons (Fsp3) is 0.571. The Bertz CT molecular complexity index is 383. The Hall–Kier alpha value is -1.18. The van der Waals surface area contributed by atoms with Gasteiger partial charge in [-0.05, 0) is 24.0 Å². The van der Waals surface area contributed by atoms with Gasteiger partial charge in [-0.2, -0.15) is 0 Å². The van der Waals surface area contributed by atoms with Crippen LogP contribution in [0.25, 0.3) is 0 Å². The van der Waals surface area contributed by atoms with E-state index in [4.69, 9.17) is 0 Å². The zero-order valence-corrected chi connectivity index (χ0v) is 10.1. The van der Waals surface area contributed by atoms with Crippen LogP contribution in [0.15, 0.2) is 24.3 Å². The van der Waals surface area contributed by atoms with E-state index in [1.54, 1.807) is 12.2 Å². The zero-order chi connectivity index (χ0) is 12.0. The van der Waals surface area contributed by atoms with Crippen LogP contribution in [-0.2, 0) is 9.59 Å². The Kier molecular flexibility index (Phi) is 2.41. The second-order valence-corrected chi connectivity index (χ2v) is 5.57. The van der Waals surface area contributed by atoms with Crippen molar-refractivity contribution in [3.05, 3.63) is 24.3 Å². The molecule has 1 unspecified atom stereocenters. The van der Waals surface area contributed by atoms with Gasteiger partial charge < -0.3 is 0 Å². The Morgan fingerprint density at radius 2 is 1.75 bits per heavy atom. The lowest BCUT2D eigenvalue weighted by Crippen LogP contribution is -2.48. The SMILES string of the molecule is CC1C(=O)CCC(C)(C)C12C=CC(=O)C=C2. The maximum absolute atomic E-state index is 11.9. The molecule has 2 heteroatoms. The summed E-state index contributed by atoms with van der Waals surface area (Å²) in [7, 11) is 0. The molecule has 2 aliphatic carbocycles. The van der Waals surface area contributed by atoms with E-state index < -0.39 is 0 Å². The summed E-state index contributed by atoms with van der Waals surface area (Å²) in [5.74, 6) is 0.298. The molecule has 2 aliphatic rings. The van der Waals surface area contributed by atoms with E-state index in [0.29, 0.717) is 12.2 Å². The normalized spacial score (nSPS) is 31.1. The summed E-state index contributed by atoms with van der Waals surface area (Å²) in [6, 6.07) is 0. The molecule has 0 bridgehead atoms. The molecule has 1 atom stereocenters. The number of hydrogen-bond donors (Lipinski definition) is 0. The zero-order valence-electron chi connectivity index (χ0n) is 10.1. The molecular formula is C14H18O2. The monoisotopic (exact) mass is 218 g/mol. The molecule has 2 rings (SSSR count). The van der Waals surface area contributed by atoms with Crippen molar-refractivity contribution in [2.24, 2.45) is 16.7 Å². The summed E-state index contributed by atoms with van der Waals surface area (Å²) in [5, 5.41) is 0. The molecule has 0 aromatic carbocycles. The molecule has 2 nitrogen and oxygen atoms in total. The summed E-state index contributed by atoms with van der Waals surface area (Å²) in [4.78, 5) is 23.1. The molecule has 0 radical (unpaired) electrons. The summed E-state index contributed by atoms with van der Waals surface area (Å²) in [5.41, 5.74) is -0.232. The summed E-state index contributed by atoms with van der Waals surface area (Å²) >= 11 is 0. The molecule has 1 fully saturated rings. The summed E-state index contributed by atoms with van der Waals surface area (Å²) in [6.07, 6.45) is 8.65. The van der Waals surface area contributed by atoms with Gasteiger partial charge in [-0.25, -0.2) is 0 Å². The van der Waals surface area contributed by atoms with Crippen LogP contribution in [0, 0.1) is 16.7 Å². The highest BCUT2D eigenvalue weighted by Gasteiger charge is 2.51. The number of rotatable bonds is 0. The lowest BCUT2D eigenvalue weighted by Gasteiger charge is -2.50. The fourth-order valence-corrected chi connectivity index (χ4v) is 3.01. The first-order chi connectivity index (χ1) is 7.39. The standard InChI is InChI=1S/C14H18O2/c1-10-12(16)6-7-13(2,3)14(10)8-4-11(15)5-9-14/h4-5,8-10H,6-7H2,1-3H3. The lowest BCUT2D eigenvalue weighted by molar-refractivity contribution is -0.132. The molecule has 16 heavy (non-hydrogen) atoms. The molecule has 1 saturated carbocycles. The molecule has 0 saturated heterocycles. The van der Waals surface area contributed by atoms with Gasteiger partial charge in [-0.3, -0.25) is 9.59 Å². The highest BCUT2D eigenvalue weighted by molar-refractivity contribution is 6.01. The quantitative estimate of drug-likeness (QED) is 0.626. The second kappa shape index (κ2) is 3.41.